The van der Waals surface area contributed by atoms with Crippen molar-refractivity contribution in [3.63, 3.8) is 0 Å². The molecule has 0 aliphatic heterocycles. The molecule has 3 rings (SSSR count). The maximum Gasteiger partial charge on any atom is 0.264 e. The molecule has 2 aromatic carbocycles. The Morgan fingerprint density at radius 3 is 2.32 bits per heavy atom. The number of aryl methyl sites for hydroxylation is 1. The SMILES string of the molecule is CCc1ccc(S(=O)(=O)Nc2ncn(Cc3ccc(Cl)cc3)n2)cc1. The molecule has 0 atom stereocenters. The molecule has 1 N–H and O–H groups in total. The largest absolute Gasteiger partial charge is 0.264 e. The summed E-state index contributed by atoms with van der Waals surface area (Å²) in [6.45, 7) is 2.48. The van der Waals surface area contributed by atoms with Crippen molar-refractivity contribution in [2.75, 3.05) is 4.72 Å². The molecule has 0 spiro atoms. The zero-order chi connectivity index (χ0) is 17.9. The van der Waals surface area contributed by atoms with Gasteiger partial charge in [-0.1, -0.05) is 42.8 Å². The first kappa shape index (κ1) is 17.4. The molecule has 6 nitrogen and oxygen atoms in total. The van der Waals surface area contributed by atoms with E-state index in [1.165, 1.54) is 6.33 Å². The van der Waals surface area contributed by atoms with Gasteiger partial charge in [0.15, 0.2) is 0 Å². The van der Waals surface area contributed by atoms with E-state index in [9.17, 15) is 8.42 Å². The molecular weight excluding hydrogens is 360 g/mol. The van der Waals surface area contributed by atoms with Crippen LogP contribution in [0.4, 0.5) is 5.95 Å². The van der Waals surface area contributed by atoms with E-state index in [1.54, 1.807) is 41.1 Å². The van der Waals surface area contributed by atoms with Gasteiger partial charge in [-0.05, 0) is 41.8 Å². The van der Waals surface area contributed by atoms with E-state index in [0.717, 1.165) is 17.5 Å². The van der Waals surface area contributed by atoms with Crippen LogP contribution in [0.2, 0.25) is 5.02 Å². The second kappa shape index (κ2) is 7.25. The minimum atomic E-state index is -3.71. The number of nitrogens with one attached hydrogen (secondary N) is 1. The highest BCUT2D eigenvalue weighted by atomic mass is 35.5. The molecule has 0 saturated carbocycles. The first-order valence-electron chi connectivity index (χ1n) is 7.72. The molecule has 0 aliphatic carbocycles. The number of nitrogens with zero attached hydrogens (tertiary/aromatic N) is 3. The number of halogens is 1. The number of aromatic nitrogens is 3. The van der Waals surface area contributed by atoms with Gasteiger partial charge in [0, 0.05) is 5.02 Å². The molecule has 0 amide bonds. The summed E-state index contributed by atoms with van der Waals surface area (Å²) in [5.74, 6) is 0.0357. The number of sulfonamides is 1. The predicted molar refractivity (Wildman–Crippen MR) is 97.2 cm³/mol. The molecular formula is C17H17ClN4O2S. The van der Waals surface area contributed by atoms with Crippen molar-refractivity contribution in [1.82, 2.24) is 14.8 Å². The summed E-state index contributed by atoms with van der Waals surface area (Å²) >= 11 is 5.86. The summed E-state index contributed by atoms with van der Waals surface area (Å²) in [7, 11) is -3.71. The normalized spacial score (nSPS) is 11.4. The number of anilines is 1. The average molecular weight is 377 g/mol. The van der Waals surface area contributed by atoms with Crippen LogP contribution in [0.5, 0.6) is 0 Å². The Balaban J connectivity index is 1.72. The van der Waals surface area contributed by atoms with Crippen molar-refractivity contribution in [2.45, 2.75) is 24.8 Å². The van der Waals surface area contributed by atoms with E-state index in [1.807, 2.05) is 19.1 Å². The third-order valence-electron chi connectivity index (χ3n) is 3.66. The minimum absolute atomic E-state index is 0.0357. The van der Waals surface area contributed by atoms with E-state index in [-0.39, 0.29) is 10.8 Å². The van der Waals surface area contributed by atoms with E-state index in [2.05, 4.69) is 14.8 Å². The number of hydrogen-bond donors (Lipinski definition) is 1. The maximum atomic E-state index is 12.4. The van der Waals surface area contributed by atoms with Crippen LogP contribution in [-0.4, -0.2) is 23.2 Å². The van der Waals surface area contributed by atoms with Crippen molar-refractivity contribution < 1.29 is 8.42 Å². The molecule has 8 heteroatoms. The highest BCUT2D eigenvalue weighted by Crippen LogP contribution is 2.15. The molecule has 0 saturated heterocycles. The van der Waals surface area contributed by atoms with Gasteiger partial charge in [-0.2, -0.15) is 4.98 Å². The van der Waals surface area contributed by atoms with Crippen LogP contribution in [0.25, 0.3) is 0 Å². The fourth-order valence-corrected chi connectivity index (χ4v) is 3.35. The molecule has 0 bridgehead atoms. The van der Waals surface area contributed by atoms with Gasteiger partial charge in [0.05, 0.1) is 11.4 Å². The zero-order valence-corrected chi connectivity index (χ0v) is 15.1. The van der Waals surface area contributed by atoms with Gasteiger partial charge in [0.1, 0.15) is 6.33 Å². The predicted octanol–water partition coefficient (Wildman–Crippen LogP) is 3.34. The van der Waals surface area contributed by atoms with Gasteiger partial charge in [-0.25, -0.2) is 17.8 Å². The van der Waals surface area contributed by atoms with E-state index >= 15 is 0 Å². The quantitative estimate of drug-likeness (QED) is 0.715. The highest BCUT2D eigenvalue weighted by molar-refractivity contribution is 7.92. The van der Waals surface area contributed by atoms with Gasteiger partial charge < -0.3 is 0 Å². The number of benzene rings is 2. The Morgan fingerprint density at radius 2 is 1.68 bits per heavy atom. The summed E-state index contributed by atoms with van der Waals surface area (Å²) in [5, 5.41) is 4.81. The molecule has 0 unspecified atom stereocenters. The molecule has 1 aromatic heterocycles. The Labute approximate surface area is 151 Å². The van der Waals surface area contributed by atoms with Crippen molar-refractivity contribution in [3.8, 4) is 0 Å². The zero-order valence-electron chi connectivity index (χ0n) is 13.6. The van der Waals surface area contributed by atoms with Crippen LogP contribution in [0, 0.1) is 0 Å². The van der Waals surface area contributed by atoms with Crippen molar-refractivity contribution >= 4 is 27.6 Å². The van der Waals surface area contributed by atoms with Crippen LogP contribution in [0.15, 0.2) is 59.8 Å². The number of hydrogen-bond acceptors (Lipinski definition) is 4. The van der Waals surface area contributed by atoms with Gasteiger partial charge in [0.2, 0.25) is 0 Å². The van der Waals surface area contributed by atoms with Gasteiger partial charge in [-0.15, -0.1) is 5.10 Å². The molecule has 0 fully saturated rings. The maximum absolute atomic E-state index is 12.4. The van der Waals surface area contributed by atoms with Gasteiger partial charge in [-0.3, -0.25) is 0 Å². The molecule has 0 radical (unpaired) electrons. The lowest BCUT2D eigenvalue weighted by Gasteiger charge is -2.05. The van der Waals surface area contributed by atoms with Crippen LogP contribution in [0.1, 0.15) is 18.1 Å². The van der Waals surface area contributed by atoms with Crippen LogP contribution in [0.3, 0.4) is 0 Å². The smallest absolute Gasteiger partial charge is 0.246 e. The Hall–Kier alpha value is -2.38. The lowest BCUT2D eigenvalue weighted by molar-refractivity contribution is 0.600. The van der Waals surface area contributed by atoms with E-state index in [0.29, 0.717) is 11.6 Å². The molecule has 0 aliphatic rings. The van der Waals surface area contributed by atoms with Crippen LogP contribution < -0.4 is 4.72 Å². The standard InChI is InChI=1S/C17H17ClN4O2S/c1-2-13-5-9-16(10-6-13)25(23,24)21-17-19-12-22(20-17)11-14-3-7-15(18)8-4-14/h3-10,12H,2,11H2,1H3,(H,20,21). The average Bonchev–Trinajstić information content (AvgIpc) is 3.03. The lowest BCUT2D eigenvalue weighted by atomic mass is 10.2. The Bertz CT molecular complexity index is 951. The van der Waals surface area contributed by atoms with Gasteiger partial charge in [0.25, 0.3) is 16.0 Å². The molecule has 3 aromatic rings. The summed E-state index contributed by atoms with van der Waals surface area (Å²) in [6.07, 6.45) is 2.33. The summed E-state index contributed by atoms with van der Waals surface area (Å²) in [6, 6.07) is 14.1. The van der Waals surface area contributed by atoms with E-state index < -0.39 is 10.0 Å². The first-order chi connectivity index (χ1) is 12.0. The third-order valence-corrected chi connectivity index (χ3v) is 5.26. The molecule has 25 heavy (non-hydrogen) atoms. The minimum Gasteiger partial charge on any atom is -0.246 e. The third kappa shape index (κ3) is 4.37. The van der Waals surface area contributed by atoms with Gasteiger partial charge >= 0.3 is 0 Å². The topological polar surface area (TPSA) is 76.9 Å². The Kier molecular flexibility index (Phi) is 5.06. The van der Waals surface area contributed by atoms with Crippen LogP contribution in [-0.2, 0) is 23.0 Å². The lowest BCUT2D eigenvalue weighted by Crippen LogP contribution is -2.14. The van der Waals surface area contributed by atoms with Crippen LogP contribution >= 0.6 is 11.6 Å². The van der Waals surface area contributed by atoms with Crippen molar-refractivity contribution in [3.05, 3.63) is 71.0 Å². The van der Waals surface area contributed by atoms with Crippen molar-refractivity contribution in [1.29, 1.82) is 0 Å². The molecule has 130 valence electrons. The highest BCUT2D eigenvalue weighted by Gasteiger charge is 2.16. The fourth-order valence-electron chi connectivity index (χ4n) is 2.28. The Morgan fingerprint density at radius 1 is 1.04 bits per heavy atom. The summed E-state index contributed by atoms with van der Waals surface area (Å²) in [5.41, 5.74) is 2.06. The first-order valence-corrected chi connectivity index (χ1v) is 9.58. The monoisotopic (exact) mass is 376 g/mol. The second-order valence-corrected chi connectivity index (χ2v) is 7.61. The second-order valence-electron chi connectivity index (χ2n) is 5.50. The fraction of sp³-hybridized carbons (Fsp3) is 0.176. The molecule has 1 heterocycles. The number of rotatable bonds is 6. The summed E-state index contributed by atoms with van der Waals surface area (Å²) < 4.78 is 28.7. The van der Waals surface area contributed by atoms with E-state index in [4.69, 9.17) is 11.6 Å². The van der Waals surface area contributed by atoms with Crippen molar-refractivity contribution in [2.24, 2.45) is 0 Å². The summed E-state index contributed by atoms with van der Waals surface area (Å²) in [4.78, 5) is 4.19.